The molecule has 0 aliphatic carbocycles. The number of rotatable bonds is 8. The normalized spacial score (nSPS) is 17.3. The molecule has 1 aromatic heterocycles. The lowest BCUT2D eigenvalue weighted by Gasteiger charge is -2.27. The van der Waals surface area contributed by atoms with E-state index >= 15 is 0 Å². The molecule has 28 heavy (non-hydrogen) atoms. The molecule has 1 unspecified atom stereocenters. The second kappa shape index (κ2) is 8.71. The molecule has 0 bridgehead atoms. The summed E-state index contributed by atoms with van der Waals surface area (Å²) < 4.78 is 5.20. The van der Waals surface area contributed by atoms with Gasteiger partial charge < -0.3 is 19.3 Å². The molecule has 1 N–H and O–H groups in total. The molecule has 6 nitrogen and oxygen atoms in total. The van der Waals surface area contributed by atoms with Crippen LogP contribution in [0.15, 0.2) is 70.6 Å². The Hall–Kier alpha value is -3.12. The van der Waals surface area contributed by atoms with Crippen LogP contribution in [0.25, 0.3) is 6.08 Å². The largest absolute Gasteiger partial charge is 0.503 e. The fourth-order valence-corrected chi connectivity index (χ4v) is 3.31. The minimum atomic E-state index is -0.607. The van der Waals surface area contributed by atoms with Gasteiger partial charge in [0.2, 0.25) is 0 Å². The maximum absolute atomic E-state index is 12.9. The van der Waals surface area contributed by atoms with E-state index in [1.165, 1.54) is 18.4 Å². The van der Waals surface area contributed by atoms with Crippen molar-refractivity contribution < 1.29 is 19.1 Å². The first-order valence-corrected chi connectivity index (χ1v) is 9.18. The molecule has 0 saturated carbocycles. The molecule has 1 aromatic carbocycles. The van der Waals surface area contributed by atoms with Crippen LogP contribution in [0.3, 0.4) is 0 Å². The second-order valence-electron chi connectivity index (χ2n) is 6.94. The smallest absolute Gasteiger partial charge is 0.290 e. The van der Waals surface area contributed by atoms with E-state index in [0.717, 1.165) is 18.5 Å². The highest BCUT2D eigenvalue weighted by atomic mass is 16.3. The topological polar surface area (TPSA) is 74.0 Å². The molecule has 146 valence electrons. The first-order valence-electron chi connectivity index (χ1n) is 9.18. The summed E-state index contributed by atoms with van der Waals surface area (Å²) in [6.45, 7) is 1.24. The first-order chi connectivity index (χ1) is 13.5. The Morgan fingerprint density at radius 2 is 1.96 bits per heavy atom. The molecule has 0 radical (unpaired) electrons. The van der Waals surface area contributed by atoms with E-state index in [2.05, 4.69) is 0 Å². The lowest BCUT2D eigenvalue weighted by molar-refractivity contribution is -0.129. The minimum Gasteiger partial charge on any atom is -0.503 e. The molecule has 0 spiro atoms. The summed E-state index contributed by atoms with van der Waals surface area (Å²) in [6, 6.07) is 12.1. The van der Waals surface area contributed by atoms with Gasteiger partial charge in [-0.05, 0) is 56.9 Å². The Labute approximate surface area is 164 Å². The van der Waals surface area contributed by atoms with Crippen LogP contribution in [0.5, 0.6) is 0 Å². The van der Waals surface area contributed by atoms with Crippen molar-refractivity contribution in [1.29, 1.82) is 0 Å². The Balaban J connectivity index is 1.91. The molecule has 6 heteroatoms. The molecule has 2 aromatic rings. The van der Waals surface area contributed by atoms with Gasteiger partial charge in [0.05, 0.1) is 17.9 Å². The summed E-state index contributed by atoms with van der Waals surface area (Å²) in [5.74, 6) is -0.877. The zero-order valence-electron chi connectivity index (χ0n) is 16.0. The van der Waals surface area contributed by atoms with Crippen molar-refractivity contribution >= 4 is 17.8 Å². The first kappa shape index (κ1) is 19.6. The van der Waals surface area contributed by atoms with Crippen molar-refractivity contribution in [3.8, 4) is 0 Å². The fourth-order valence-electron chi connectivity index (χ4n) is 3.31. The van der Waals surface area contributed by atoms with Crippen molar-refractivity contribution in [2.45, 2.75) is 12.5 Å². The van der Waals surface area contributed by atoms with Crippen molar-refractivity contribution in [2.75, 3.05) is 27.2 Å². The van der Waals surface area contributed by atoms with Crippen molar-refractivity contribution in [2.24, 2.45) is 0 Å². The maximum Gasteiger partial charge on any atom is 0.290 e. The minimum absolute atomic E-state index is 0.101. The number of nitrogens with zero attached hydrogens (tertiary/aromatic N) is 2. The highest BCUT2D eigenvalue weighted by Gasteiger charge is 2.42. The zero-order valence-corrected chi connectivity index (χ0v) is 16.0. The summed E-state index contributed by atoms with van der Waals surface area (Å²) in [6.07, 6.45) is 5.11. The standard InChI is InChI=1S/C22H24N2O4/c1-23(2)13-7-14-24-20(16-8-4-3-5-9-16)19(21(26)22(24)27)18(25)12-11-17-10-6-15-28-17/h3-6,8-12,15,20,26H,7,13-14H2,1-2H3. The number of benzene rings is 1. The Morgan fingerprint density at radius 1 is 1.21 bits per heavy atom. The zero-order chi connectivity index (χ0) is 20.1. The summed E-state index contributed by atoms with van der Waals surface area (Å²) in [5.41, 5.74) is 0.892. The molecule has 1 aliphatic rings. The van der Waals surface area contributed by atoms with Gasteiger partial charge in [-0.1, -0.05) is 30.3 Å². The summed E-state index contributed by atoms with van der Waals surface area (Å²) >= 11 is 0. The van der Waals surface area contributed by atoms with E-state index in [1.807, 2.05) is 49.3 Å². The quantitative estimate of drug-likeness (QED) is 0.712. The predicted molar refractivity (Wildman–Crippen MR) is 106 cm³/mol. The number of amides is 1. The number of allylic oxidation sites excluding steroid dienone is 1. The van der Waals surface area contributed by atoms with Gasteiger partial charge in [-0.3, -0.25) is 9.59 Å². The summed E-state index contributed by atoms with van der Waals surface area (Å²) in [4.78, 5) is 29.2. The number of aliphatic hydroxyl groups excluding tert-OH is 1. The molecular weight excluding hydrogens is 356 g/mol. The third-order valence-corrected chi connectivity index (χ3v) is 4.63. The van der Waals surface area contributed by atoms with Gasteiger partial charge in [-0.2, -0.15) is 0 Å². The van der Waals surface area contributed by atoms with E-state index in [-0.39, 0.29) is 5.57 Å². The van der Waals surface area contributed by atoms with E-state index in [0.29, 0.717) is 12.3 Å². The lowest BCUT2D eigenvalue weighted by atomic mass is 9.95. The SMILES string of the molecule is CN(C)CCCN1C(=O)C(O)=C(C(=O)C=Cc2ccco2)C1c1ccccc1. The highest BCUT2D eigenvalue weighted by Crippen LogP contribution is 2.37. The van der Waals surface area contributed by atoms with Gasteiger partial charge in [-0.25, -0.2) is 0 Å². The molecule has 1 aliphatic heterocycles. The van der Waals surface area contributed by atoms with Crippen LogP contribution < -0.4 is 0 Å². The Morgan fingerprint density at radius 3 is 2.61 bits per heavy atom. The molecule has 0 saturated heterocycles. The lowest BCUT2D eigenvalue weighted by Crippen LogP contribution is -2.33. The molecule has 1 atom stereocenters. The van der Waals surface area contributed by atoms with E-state index in [1.54, 1.807) is 17.0 Å². The number of hydrogen-bond donors (Lipinski definition) is 1. The van der Waals surface area contributed by atoms with Gasteiger partial charge in [0.1, 0.15) is 5.76 Å². The predicted octanol–water partition coefficient (Wildman–Crippen LogP) is 3.21. The third kappa shape index (κ3) is 4.23. The molecule has 3 rings (SSSR count). The number of aliphatic hydroxyl groups is 1. The van der Waals surface area contributed by atoms with Crippen LogP contribution in [0.2, 0.25) is 0 Å². The number of carbonyl (C=O) groups excluding carboxylic acids is 2. The van der Waals surface area contributed by atoms with Crippen LogP contribution in [-0.4, -0.2) is 53.8 Å². The van der Waals surface area contributed by atoms with Crippen LogP contribution in [0, 0.1) is 0 Å². The third-order valence-electron chi connectivity index (χ3n) is 4.63. The summed E-state index contributed by atoms with van der Waals surface area (Å²) in [7, 11) is 3.93. The molecule has 1 amide bonds. The number of ketones is 1. The van der Waals surface area contributed by atoms with Crippen LogP contribution >= 0.6 is 0 Å². The average molecular weight is 380 g/mol. The van der Waals surface area contributed by atoms with E-state index in [4.69, 9.17) is 4.42 Å². The van der Waals surface area contributed by atoms with Gasteiger partial charge in [-0.15, -0.1) is 0 Å². The van der Waals surface area contributed by atoms with Gasteiger partial charge in [0, 0.05) is 6.54 Å². The van der Waals surface area contributed by atoms with Gasteiger partial charge >= 0.3 is 0 Å². The highest BCUT2D eigenvalue weighted by molar-refractivity contribution is 6.14. The Kier molecular flexibility index (Phi) is 6.11. The van der Waals surface area contributed by atoms with Crippen molar-refractivity contribution in [1.82, 2.24) is 9.80 Å². The number of hydrogen-bond acceptors (Lipinski definition) is 5. The van der Waals surface area contributed by atoms with E-state index in [9.17, 15) is 14.7 Å². The average Bonchev–Trinajstić information content (AvgIpc) is 3.29. The van der Waals surface area contributed by atoms with Crippen LogP contribution in [0.4, 0.5) is 0 Å². The fraction of sp³-hybridized carbons (Fsp3) is 0.273. The maximum atomic E-state index is 12.9. The van der Waals surface area contributed by atoms with E-state index < -0.39 is 23.5 Å². The van der Waals surface area contributed by atoms with Crippen LogP contribution in [0.1, 0.15) is 23.8 Å². The molecular formula is C22H24N2O4. The van der Waals surface area contributed by atoms with Gasteiger partial charge in [0.25, 0.3) is 5.91 Å². The van der Waals surface area contributed by atoms with Crippen molar-refractivity contribution in [3.05, 3.63) is 77.5 Å². The summed E-state index contributed by atoms with van der Waals surface area (Å²) in [5, 5.41) is 10.5. The van der Waals surface area contributed by atoms with Gasteiger partial charge in [0.15, 0.2) is 11.5 Å². The molecule has 0 fully saturated rings. The Bertz CT molecular complexity index is 883. The van der Waals surface area contributed by atoms with Crippen molar-refractivity contribution in [3.63, 3.8) is 0 Å². The second-order valence-corrected chi connectivity index (χ2v) is 6.94. The number of furan rings is 1. The molecule has 2 heterocycles. The van der Waals surface area contributed by atoms with Crippen LogP contribution in [-0.2, 0) is 9.59 Å². The monoisotopic (exact) mass is 380 g/mol. The number of carbonyl (C=O) groups is 2.